The van der Waals surface area contributed by atoms with Crippen molar-refractivity contribution in [3.8, 4) is 0 Å². The smallest absolute Gasteiger partial charge is 0.293 e. The maximum atomic E-state index is 14.8. The van der Waals surface area contributed by atoms with Crippen molar-refractivity contribution in [2.45, 2.75) is 37.7 Å². The van der Waals surface area contributed by atoms with Crippen LogP contribution < -0.4 is 0 Å². The highest BCUT2D eigenvalue weighted by Crippen LogP contribution is 2.50. The van der Waals surface area contributed by atoms with Crippen LogP contribution in [0.2, 0.25) is 0 Å². The molecule has 4 nitrogen and oxygen atoms in total. The van der Waals surface area contributed by atoms with Crippen molar-refractivity contribution in [1.82, 2.24) is 9.78 Å². The molecule has 0 amide bonds. The molecule has 2 aromatic carbocycles. The highest BCUT2D eigenvalue weighted by Gasteiger charge is 2.45. The summed E-state index contributed by atoms with van der Waals surface area (Å²) in [5.41, 5.74) is 1.60. The molecule has 0 saturated heterocycles. The van der Waals surface area contributed by atoms with E-state index in [9.17, 15) is 13.6 Å². The van der Waals surface area contributed by atoms with Gasteiger partial charge in [0.05, 0.1) is 11.7 Å². The molecule has 1 aliphatic rings. The Labute approximate surface area is 155 Å². The minimum atomic E-state index is -0.938. The molecule has 1 fully saturated rings. The molecule has 140 valence electrons. The van der Waals surface area contributed by atoms with Crippen LogP contribution >= 0.6 is 0 Å². The van der Waals surface area contributed by atoms with E-state index in [0.29, 0.717) is 42.4 Å². The first-order chi connectivity index (χ1) is 12.9. The highest BCUT2D eigenvalue weighted by atomic mass is 19.1. The number of aromatic nitrogens is 2. The summed E-state index contributed by atoms with van der Waals surface area (Å²) in [6.07, 6.45) is 3.21. The third-order valence-corrected chi connectivity index (χ3v) is 5.81. The van der Waals surface area contributed by atoms with Gasteiger partial charge in [0.2, 0.25) is 0 Å². The zero-order chi connectivity index (χ0) is 19.2. The Kier molecular flexibility index (Phi) is 4.21. The number of carbonyl (C=O) groups is 1. The van der Waals surface area contributed by atoms with E-state index in [1.54, 1.807) is 29.9 Å². The standard InChI is InChI=1S/C21H20F2N2O2/c1-13-17(4-3-5-18(13)22)21(27-12-26)7-6-14(10-21)16-9-20-15(8-19(16)23)11-24-25(20)2/h3-5,8-9,11-12,14H,6-7,10H2,1-2H3. The second-order valence-electron chi connectivity index (χ2n) is 7.26. The van der Waals surface area contributed by atoms with E-state index in [0.717, 1.165) is 10.9 Å². The largest absolute Gasteiger partial charge is 0.456 e. The van der Waals surface area contributed by atoms with Crippen LogP contribution in [0.5, 0.6) is 0 Å². The lowest BCUT2D eigenvalue weighted by Gasteiger charge is -2.30. The van der Waals surface area contributed by atoms with Crippen LogP contribution in [0.15, 0.2) is 36.5 Å². The van der Waals surface area contributed by atoms with Gasteiger partial charge in [0, 0.05) is 18.0 Å². The number of halogens is 2. The fourth-order valence-electron chi connectivity index (χ4n) is 4.38. The van der Waals surface area contributed by atoms with Crippen LogP contribution in [0, 0.1) is 18.6 Å². The van der Waals surface area contributed by atoms with E-state index in [4.69, 9.17) is 4.74 Å². The first kappa shape index (κ1) is 17.6. The summed E-state index contributed by atoms with van der Waals surface area (Å²) in [5.74, 6) is -0.766. The molecule has 0 radical (unpaired) electrons. The van der Waals surface area contributed by atoms with Gasteiger partial charge in [-0.25, -0.2) is 8.78 Å². The quantitative estimate of drug-likeness (QED) is 0.636. The van der Waals surface area contributed by atoms with Crippen LogP contribution in [0.25, 0.3) is 10.9 Å². The van der Waals surface area contributed by atoms with Crippen molar-refractivity contribution in [3.63, 3.8) is 0 Å². The highest BCUT2D eigenvalue weighted by molar-refractivity contribution is 5.79. The maximum absolute atomic E-state index is 14.8. The van der Waals surface area contributed by atoms with E-state index in [1.807, 2.05) is 13.1 Å². The van der Waals surface area contributed by atoms with E-state index in [1.165, 1.54) is 12.1 Å². The third-order valence-electron chi connectivity index (χ3n) is 5.81. The molecule has 4 rings (SSSR count). The van der Waals surface area contributed by atoms with Gasteiger partial charge in [0.1, 0.15) is 17.2 Å². The second-order valence-corrected chi connectivity index (χ2v) is 7.26. The second kappa shape index (κ2) is 6.44. The number of benzene rings is 2. The van der Waals surface area contributed by atoms with Gasteiger partial charge in [0.25, 0.3) is 6.47 Å². The molecule has 1 aromatic heterocycles. The van der Waals surface area contributed by atoms with Gasteiger partial charge in [-0.2, -0.15) is 5.10 Å². The number of nitrogens with zero attached hydrogens (tertiary/aromatic N) is 2. The molecule has 1 saturated carbocycles. The van der Waals surface area contributed by atoms with Crippen LogP contribution in [0.4, 0.5) is 8.78 Å². The van der Waals surface area contributed by atoms with Gasteiger partial charge in [-0.1, -0.05) is 12.1 Å². The van der Waals surface area contributed by atoms with Gasteiger partial charge in [0.15, 0.2) is 0 Å². The number of hydrogen-bond acceptors (Lipinski definition) is 3. The molecule has 27 heavy (non-hydrogen) atoms. The fraction of sp³-hybridized carbons (Fsp3) is 0.333. The van der Waals surface area contributed by atoms with Gasteiger partial charge in [-0.3, -0.25) is 9.48 Å². The fourth-order valence-corrected chi connectivity index (χ4v) is 4.38. The van der Waals surface area contributed by atoms with Crippen LogP contribution in [0.3, 0.4) is 0 Å². The third kappa shape index (κ3) is 2.80. The lowest BCUT2D eigenvalue weighted by atomic mass is 9.86. The summed E-state index contributed by atoms with van der Waals surface area (Å²) in [6, 6.07) is 8.09. The van der Waals surface area contributed by atoms with Crippen molar-refractivity contribution in [2.75, 3.05) is 0 Å². The Morgan fingerprint density at radius 1 is 1.30 bits per heavy atom. The maximum Gasteiger partial charge on any atom is 0.293 e. The minimum Gasteiger partial charge on any atom is -0.456 e. The number of hydrogen-bond donors (Lipinski definition) is 0. The van der Waals surface area contributed by atoms with Crippen molar-refractivity contribution < 1.29 is 18.3 Å². The van der Waals surface area contributed by atoms with Crippen LogP contribution in [-0.4, -0.2) is 16.3 Å². The molecule has 0 bridgehead atoms. The average Bonchev–Trinajstić information content (AvgIpc) is 3.22. The first-order valence-corrected chi connectivity index (χ1v) is 8.93. The van der Waals surface area contributed by atoms with Crippen LogP contribution in [0.1, 0.15) is 41.9 Å². The summed E-state index contributed by atoms with van der Waals surface area (Å²) in [4.78, 5) is 11.2. The Morgan fingerprint density at radius 3 is 2.89 bits per heavy atom. The lowest BCUT2D eigenvalue weighted by molar-refractivity contribution is -0.144. The monoisotopic (exact) mass is 370 g/mol. The zero-order valence-electron chi connectivity index (χ0n) is 15.2. The van der Waals surface area contributed by atoms with E-state index >= 15 is 0 Å². The number of fused-ring (bicyclic) bond motifs is 1. The zero-order valence-corrected chi connectivity index (χ0v) is 15.2. The summed E-state index contributed by atoms with van der Waals surface area (Å²) in [6.45, 7) is 2.09. The molecule has 0 aliphatic heterocycles. The van der Waals surface area contributed by atoms with Crippen molar-refractivity contribution in [3.05, 3.63) is 64.9 Å². The molecule has 6 heteroatoms. The molecule has 1 heterocycles. The van der Waals surface area contributed by atoms with Crippen molar-refractivity contribution in [1.29, 1.82) is 0 Å². The SMILES string of the molecule is Cc1c(F)cccc1C1(OC=O)CCC(c2cc3c(cnn3C)cc2F)C1. The summed E-state index contributed by atoms with van der Waals surface area (Å²) >= 11 is 0. The van der Waals surface area contributed by atoms with Gasteiger partial charge in [-0.15, -0.1) is 0 Å². The number of ether oxygens (including phenoxy) is 1. The predicted molar refractivity (Wildman–Crippen MR) is 97.2 cm³/mol. The topological polar surface area (TPSA) is 44.1 Å². The van der Waals surface area contributed by atoms with E-state index in [2.05, 4.69) is 5.10 Å². The van der Waals surface area contributed by atoms with Crippen molar-refractivity contribution in [2.24, 2.45) is 7.05 Å². The Hall–Kier alpha value is -2.76. The van der Waals surface area contributed by atoms with Gasteiger partial charge in [-0.05, 0) is 61.4 Å². The molecule has 0 spiro atoms. The molecule has 2 atom stereocenters. The lowest BCUT2D eigenvalue weighted by Crippen LogP contribution is -2.27. The average molecular weight is 370 g/mol. The summed E-state index contributed by atoms with van der Waals surface area (Å²) in [7, 11) is 1.81. The van der Waals surface area contributed by atoms with Crippen molar-refractivity contribution >= 4 is 17.4 Å². The molecule has 2 unspecified atom stereocenters. The number of rotatable bonds is 4. The molecular weight excluding hydrogens is 350 g/mol. The molecular formula is C21H20F2N2O2. The normalized spacial score (nSPS) is 22.3. The predicted octanol–water partition coefficient (Wildman–Crippen LogP) is 4.50. The Bertz CT molecular complexity index is 1030. The minimum absolute atomic E-state index is 0.132. The van der Waals surface area contributed by atoms with Gasteiger partial charge >= 0.3 is 0 Å². The Balaban J connectivity index is 1.76. The summed E-state index contributed by atoms with van der Waals surface area (Å²) in [5, 5.41) is 4.91. The first-order valence-electron chi connectivity index (χ1n) is 8.93. The van der Waals surface area contributed by atoms with E-state index < -0.39 is 5.60 Å². The summed E-state index contributed by atoms with van der Waals surface area (Å²) < 4.78 is 36.1. The van der Waals surface area contributed by atoms with E-state index in [-0.39, 0.29) is 17.6 Å². The Morgan fingerprint density at radius 2 is 2.11 bits per heavy atom. The molecule has 0 N–H and O–H groups in total. The number of carbonyl (C=O) groups excluding carboxylic acids is 1. The van der Waals surface area contributed by atoms with Crippen LogP contribution in [-0.2, 0) is 22.2 Å². The molecule has 3 aromatic rings. The number of aryl methyl sites for hydroxylation is 1. The molecule has 1 aliphatic carbocycles. The van der Waals surface area contributed by atoms with Gasteiger partial charge < -0.3 is 4.74 Å².